The van der Waals surface area contributed by atoms with Crippen molar-refractivity contribution < 1.29 is 18.1 Å². The molecular weight excluding hydrogens is 671 g/mol. The fourth-order valence-electron chi connectivity index (χ4n) is 6.86. The summed E-state index contributed by atoms with van der Waals surface area (Å²) in [7, 11) is 0. The Morgan fingerprint density at radius 2 is 0.836 bits per heavy atom. The van der Waals surface area contributed by atoms with Gasteiger partial charge < -0.3 is 4.42 Å². The lowest BCUT2D eigenvalue weighted by atomic mass is 9.91. The van der Waals surface area contributed by atoms with Crippen LogP contribution in [0, 0.1) is 0 Å². The van der Waals surface area contributed by atoms with Crippen molar-refractivity contribution in [1.29, 1.82) is 0 Å². The first-order chi connectivity index (χ1) is 31.4. The van der Waals surface area contributed by atoms with E-state index in [-0.39, 0.29) is 22.3 Å². The predicted octanol–water partition coefficient (Wildman–Crippen LogP) is 13.4. The second-order valence-electron chi connectivity index (χ2n) is 12.9. The Hall–Kier alpha value is -7.43. The minimum atomic E-state index is -0.554. The zero-order valence-corrected chi connectivity index (χ0v) is 29.0. The minimum absolute atomic E-state index is 0.0981. The Balaban J connectivity index is 1.15. The number of nitrogens with zero attached hydrogens (tertiary/aromatic N) is 3. The lowest BCUT2D eigenvalue weighted by molar-refractivity contribution is 0.669. The van der Waals surface area contributed by atoms with Crippen molar-refractivity contribution in [2.45, 2.75) is 0 Å². The summed E-state index contributed by atoms with van der Waals surface area (Å²) in [6.45, 7) is 0. The number of fused-ring (bicyclic) bond motifs is 3. The third kappa shape index (κ3) is 6.26. The summed E-state index contributed by atoms with van der Waals surface area (Å²) in [6.07, 6.45) is 0. The molecule has 0 spiro atoms. The van der Waals surface area contributed by atoms with Crippen LogP contribution in [0.2, 0.25) is 0 Å². The molecule has 4 heteroatoms. The molecule has 8 aromatic carbocycles. The van der Waals surface area contributed by atoms with Crippen molar-refractivity contribution >= 4 is 21.9 Å². The molecule has 0 unspecified atom stereocenters. The second kappa shape index (κ2) is 13.8. The average Bonchev–Trinajstić information content (AvgIpc) is 3.73. The smallest absolute Gasteiger partial charge is 0.164 e. The summed E-state index contributed by atoms with van der Waals surface area (Å²) >= 11 is 0. The molecular formula is C51H33N3O. The quantitative estimate of drug-likeness (QED) is 0.165. The standard InChI is InChI=1S/C51H33N3O/c1-5-14-34(15-6-1)37-24-26-39(27-25-37)50-52-49(38-20-11-4-12-21-38)53-51(54-50)40-28-29-45-47(33-40)55-46-23-13-22-44(48(45)46)43-31-41(35-16-7-2-8-17-35)30-42(32-43)36-18-9-3-10-19-36/h1-33H/i2D,3D,7D,8D,9D,10D,16D,17D,18D,19D. The summed E-state index contributed by atoms with van der Waals surface area (Å²) in [4.78, 5) is 14.8. The van der Waals surface area contributed by atoms with Crippen LogP contribution < -0.4 is 0 Å². The summed E-state index contributed by atoms with van der Waals surface area (Å²) in [5.41, 5.74) is 6.82. The van der Waals surface area contributed by atoms with Gasteiger partial charge in [0, 0.05) is 27.5 Å². The number of hydrogen-bond donors (Lipinski definition) is 0. The van der Waals surface area contributed by atoms with Gasteiger partial charge in [-0.15, -0.1) is 0 Å². The van der Waals surface area contributed by atoms with Gasteiger partial charge in [-0.05, 0) is 80.9 Å². The van der Waals surface area contributed by atoms with Crippen molar-refractivity contribution in [3.63, 3.8) is 0 Å². The minimum Gasteiger partial charge on any atom is -0.456 e. The maximum Gasteiger partial charge on any atom is 0.164 e. The lowest BCUT2D eigenvalue weighted by Crippen LogP contribution is -2.00. The van der Waals surface area contributed by atoms with E-state index in [1.165, 1.54) is 6.07 Å². The van der Waals surface area contributed by atoms with E-state index in [9.17, 15) is 0 Å². The lowest BCUT2D eigenvalue weighted by Gasteiger charge is -2.12. The highest BCUT2D eigenvalue weighted by atomic mass is 16.3. The van der Waals surface area contributed by atoms with Crippen molar-refractivity contribution in [3.05, 3.63) is 200 Å². The van der Waals surface area contributed by atoms with Gasteiger partial charge in [-0.3, -0.25) is 0 Å². The third-order valence-corrected chi connectivity index (χ3v) is 9.49. The van der Waals surface area contributed by atoms with E-state index in [2.05, 4.69) is 12.1 Å². The van der Waals surface area contributed by atoms with Gasteiger partial charge >= 0.3 is 0 Å². The van der Waals surface area contributed by atoms with Gasteiger partial charge in [0.15, 0.2) is 17.5 Å². The third-order valence-electron chi connectivity index (χ3n) is 9.49. The van der Waals surface area contributed by atoms with Crippen molar-refractivity contribution in [2.75, 3.05) is 0 Å². The van der Waals surface area contributed by atoms with E-state index in [1.807, 2.05) is 103 Å². The average molecular weight is 714 g/mol. The first-order valence-corrected chi connectivity index (χ1v) is 17.6. The molecule has 0 aliphatic heterocycles. The largest absolute Gasteiger partial charge is 0.456 e. The number of furan rings is 1. The first-order valence-electron chi connectivity index (χ1n) is 22.6. The van der Waals surface area contributed by atoms with E-state index >= 15 is 0 Å². The fourth-order valence-corrected chi connectivity index (χ4v) is 6.86. The molecule has 0 radical (unpaired) electrons. The summed E-state index contributed by atoms with van der Waals surface area (Å²) in [6, 6.07) is 38.9. The molecule has 0 fully saturated rings. The predicted molar refractivity (Wildman–Crippen MR) is 225 cm³/mol. The van der Waals surface area contributed by atoms with E-state index in [0.29, 0.717) is 50.7 Å². The van der Waals surface area contributed by atoms with Crippen LogP contribution in [0.4, 0.5) is 0 Å². The van der Waals surface area contributed by atoms with Gasteiger partial charge in [0.1, 0.15) is 11.2 Å². The highest BCUT2D eigenvalue weighted by molar-refractivity contribution is 6.13. The van der Waals surface area contributed by atoms with E-state index in [4.69, 9.17) is 33.1 Å². The van der Waals surface area contributed by atoms with Gasteiger partial charge in [-0.2, -0.15) is 0 Å². The van der Waals surface area contributed by atoms with Crippen molar-refractivity contribution in [3.8, 4) is 78.7 Å². The topological polar surface area (TPSA) is 51.8 Å². The SMILES string of the molecule is [2H]c1c([2H])c([2H])c(-c2cc(-c3c([2H])c([2H])c([2H])c([2H])c3[2H])cc(-c3cccc4oc5cc(-c6nc(-c7ccccc7)nc(-c7ccc(-c8ccccc8)cc7)n6)ccc5c34)c2)c([2H])c1[2H]. The monoisotopic (exact) mass is 713 g/mol. The van der Waals surface area contributed by atoms with E-state index in [0.717, 1.165) is 27.6 Å². The number of rotatable bonds is 7. The Morgan fingerprint density at radius 1 is 0.345 bits per heavy atom. The maximum absolute atomic E-state index is 8.81. The number of benzene rings is 8. The molecule has 55 heavy (non-hydrogen) atoms. The molecule has 0 atom stereocenters. The van der Waals surface area contributed by atoms with Gasteiger partial charge in [0.2, 0.25) is 0 Å². The number of hydrogen-bond acceptors (Lipinski definition) is 4. The van der Waals surface area contributed by atoms with Crippen molar-refractivity contribution in [1.82, 2.24) is 15.0 Å². The van der Waals surface area contributed by atoms with Crippen LogP contribution in [0.3, 0.4) is 0 Å². The molecule has 10 rings (SSSR count). The van der Waals surface area contributed by atoms with Gasteiger partial charge in [0.05, 0.1) is 13.7 Å². The van der Waals surface area contributed by atoms with Crippen LogP contribution in [0.25, 0.3) is 101 Å². The van der Waals surface area contributed by atoms with Crippen LogP contribution in [0.1, 0.15) is 13.7 Å². The molecule has 2 heterocycles. The van der Waals surface area contributed by atoms with Crippen molar-refractivity contribution in [2.24, 2.45) is 0 Å². The summed E-state index contributed by atoms with van der Waals surface area (Å²) in [5.74, 6) is 1.42. The molecule has 4 nitrogen and oxygen atoms in total. The molecule has 0 aliphatic rings. The van der Waals surface area contributed by atoms with Crippen LogP contribution in [-0.4, -0.2) is 15.0 Å². The molecule has 0 saturated carbocycles. The summed E-state index contributed by atoms with van der Waals surface area (Å²) < 4.78 is 91.8. The molecule has 0 saturated heterocycles. The molecule has 10 aromatic rings. The zero-order valence-electron chi connectivity index (χ0n) is 39.0. The van der Waals surface area contributed by atoms with Crippen LogP contribution in [0.5, 0.6) is 0 Å². The van der Waals surface area contributed by atoms with Crippen LogP contribution in [0.15, 0.2) is 204 Å². The Morgan fingerprint density at radius 3 is 1.45 bits per heavy atom. The Bertz CT molecular complexity index is 3400. The molecule has 0 aliphatic carbocycles. The zero-order chi connectivity index (χ0) is 45.3. The molecule has 0 N–H and O–H groups in total. The van der Waals surface area contributed by atoms with Gasteiger partial charge in [0.25, 0.3) is 0 Å². The van der Waals surface area contributed by atoms with Gasteiger partial charge in [-0.25, -0.2) is 15.0 Å². The molecule has 2 aromatic heterocycles. The van der Waals surface area contributed by atoms with Crippen LogP contribution >= 0.6 is 0 Å². The first kappa shape index (κ1) is 23.3. The normalized spacial score (nSPS) is 13.8. The summed E-state index contributed by atoms with van der Waals surface area (Å²) in [5, 5.41) is 1.42. The Kier molecular flexibility index (Phi) is 5.86. The van der Waals surface area contributed by atoms with Crippen LogP contribution in [-0.2, 0) is 0 Å². The fraction of sp³-hybridized carbons (Fsp3) is 0. The molecule has 0 bridgehead atoms. The Labute approximate surface area is 333 Å². The maximum atomic E-state index is 8.81. The highest BCUT2D eigenvalue weighted by Crippen LogP contribution is 2.41. The molecule has 258 valence electrons. The second-order valence-corrected chi connectivity index (χ2v) is 12.9. The number of aromatic nitrogens is 3. The van der Waals surface area contributed by atoms with E-state index in [1.54, 1.807) is 18.2 Å². The molecule has 0 amide bonds. The highest BCUT2D eigenvalue weighted by Gasteiger charge is 2.18. The van der Waals surface area contributed by atoms with Gasteiger partial charge in [-0.1, -0.05) is 164 Å². The van der Waals surface area contributed by atoms with E-state index < -0.39 is 60.4 Å².